The van der Waals surface area contributed by atoms with Gasteiger partial charge in [-0.2, -0.15) is 0 Å². The predicted octanol–water partition coefficient (Wildman–Crippen LogP) is -0.184. The van der Waals surface area contributed by atoms with Crippen LogP contribution >= 0.6 is 0 Å². The molecule has 0 spiro atoms. The number of nitrogens with zero attached hydrogens (tertiary/aromatic N) is 1. The van der Waals surface area contributed by atoms with Gasteiger partial charge in [-0.25, -0.2) is 4.79 Å². The lowest BCUT2D eigenvalue weighted by Crippen LogP contribution is -2.45. The molecule has 8 nitrogen and oxygen atoms in total. The minimum atomic E-state index is -0.600. The van der Waals surface area contributed by atoms with Crippen molar-refractivity contribution >= 4 is 17.8 Å². The summed E-state index contributed by atoms with van der Waals surface area (Å²) in [5.74, 6) is 0.00945. The van der Waals surface area contributed by atoms with Crippen molar-refractivity contribution in [1.82, 2.24) is 20.9 Å². The minimum absolute atomic E-state index is 0.0355. The van der Waals surface area contributed by atoms with Crippen LogP contribution in [-0.2, 0) is 16.1 Å². The molecule has 0 saturated heterocycles. The molecule has 0 bridgehead atoms. The molecule has 1 aromatic rings. The molecule has 1 fully saturated rings. The Hall–Kier alpha value is -2.35. The number of imide groups is 1. The summed E-state index contributed by atoms with van der Waals surface area (Å²) in [4.78, 5) is 36.3. The average Bonchev–Trinajstić information content (AvgIpc) is 3.07. The van der Waals surface area contributed by atoms with Gasteiger partial charge >= 0.3 is 6.03 Å². The molecule has 120 valence electrons. The quantitative estimate of drug-likeness (QED) is 0.648. The third-order valence-electron chi connectivity index (χ3n) is 3.03. The van der Waals surface area contributed by atoms with Crippen LogP contribution in [-0.4, -0.2) is 48.9 Å². The number of likely N-dealkylation sites (N-methyl/N-ethyl adjacent to an activating group) is 1. The highest BCUT2D eigenvalue weighted by Gasteiger charge is 2.23. The smallest absolute Gasteiger partial charge is 0.321 e. The first-order valence-corrected chi connectivity index (χ1v) is 7.11. The lowest BCUT2D eigenvalue weighted by atomic mass is 10.4. The van der Waals surface area contributed by atoms with Crippen LogP contribution in [0.25, 0.3) is 0 Å². The Kier molecular flexibility index (Phi) is 5.54. The zero-order valence-corrected chi connectivity index (χ0v) is 12.4. The van der Waals surface area contributed by atoms with Crippen molar-refractivity contribution < 1.29 is 18.8 Å². The maximum atomic E-state index is 11.7. The third-order valence-corrected chi connectivity index (χ3v) is 3.03. The van der Waals surface area contributed by atoms with Crippen molar-refractivity contribution in [1.29, 1.82) is 0 Å². The zero-order chi connectivity index (χ0) is 15.9. The third kappa shape index (κ3) is 5.96. The van der Waals surface area contributed by atoms with Crippen molar-refractivity contribution in [3.63, 3.8) is 0 Å². The van der Waals surface area contributed by atoms with Crippen LogP contribution in [0.1, 0.15) is 18.6 Å². The maximum Gasteiger partial charge on any atom is 0.321 e. The highest BCUT2D eigenvalue weighted by Crippen LogP contribution is 2.18. The van der Waals surface area contributed by atoms with Gasteiger partial charge in [0.1, 0.15) is 5.76 Å². The van der Waals surface area contributed by atoms with E-state index in [1.54, 1.807) is 24.1 Å². The van der Waals surface area contributed by atoms with E-state index in [1.807, 2.05) is 0 Å². The van der Waals surface area contributed by atoms with Crippen molar-refractivity contribution in [2.75, 3.05) is 20.1 Å². The van der Waals surface area contributed by atoms with Gasteiger partial charge in [0.25, 0.3) is 0 Å². The van der Waals surface area contributed by atoms with E-state index in [2.05, 4.69) is 16.0 Å². The number of hydrogen-bond donors (Lipinski definition) is 3. The maximum absolute atomic E-state index is 11.7. The van der Waals surface area contributed by atoms with E-state index in [9.17, 15) is 14.4 Å². The van der Waals surface area contributed by atoms with Gasteiger partial charge in [0.05, 0.1) is 25.9 Å². The Labute approximate surface area is 128 Å². The van der Waals surface area contributed by atoms with Crippen molar-refractivity contribution in [2.24, 2.45) is 0 Å². The van der Waals surface area contributed by atoms with Gasteiger partial charge in [0.15, 0.2) is 0 Å². The van der Waals surface area contributed by atoms with Gasteiger partial charge < -0.3 is 15.1 Å². The van der Waals surface area contributed by atoms with E-state index in [4.69, 9.17) is 4.42 Å². The first-order valence-electron chi connectivity index (χ1n) is 7.11. The molecule has 1 saturated carbocycles. The number of urea groups is 1. The number of carbonyl (C=O) groups is 3. The van der Waals surface area contributed by atoms with Crippen molar-refractivity contribution in [3.8, 4) is 0 Å². The van der Waals surface area contributed by atoms with Gasteiger partial charge in [0, 0.05) is 6.04 Å². The van der Waals surface area contributed by atoms with E-state index in [0.29, 0.717) is 11.8 Å². The summed E-state index contributed by atoms with van der Waals surface area (Å²) in [7, 11) is 1.65. The molecular formula is C14H20N4O4. The highest BCUT2D eigenvalue weighted by molar-refractivity contribution is 5.95. The van der Waals surface area contributed by atoms with Crippen LogP contribution in [0.5, 0.6) is 0 Å². The monoisotopic (exact) mass is 308 g/mol. The summed E-state index contributed by atoms with van der Waals surface area (Å²) in [6.07, 6.45) is 3.54. The van der Waals surface area contributed by atoms with Gasteiger partial charge in [-0.05, 0) is 32.0 Å². The van der Waals surface area contributed by atoms with Crippen molar-refractivity contribution in [3.05, 3.63) is 24.2 Å². The van der Waals surface area contributed by atoms with E-state index < -0.39 is 11.9 Å². The molecule has 0 aromatic carbocycles. The van der Waals surface area contributed by atoms with Gasteiger partial charge in [-0.3, -0.25) is 19.8 Å². The fourth-order valence-electron chi connectivity index (χ4n) is 1.84. The summed E-state index contributed by atoms with van der Waals surface area (Å²) in [6.45, 7) is 0.288. The summed E-state index contributed by atoms with van der Waals surface area (Å²) in [5, 5.41) is 7.53. The van der Waals surface area contributed by atoms with Crippen LogP contribution < -0.4 is 16.0 Å². The summed E-state index contributed by atoms with van der Waals surface area (Å²) < 4.78 is 5.05. The Bertz CT molecular complexity index is 525. The van der Waals surface area contributed by atoms with Crippen LogP contribution in [0.15, 0.2) is 22.8 Å². The number of amides is 4. The number of carbonyl (C=O) groups excluding carboxylic acids is 3. The van der Waals surface area contributed by atoms with E-state index in [1.165, 1.54) is 6.26 Å². The van der Waals surface area contributed by atoms with E-state index in [-0.39, 0.29) is 25.5 Å². The summed E-state index contributed by atoms with van der Waals surface area (Å²) in [6, 6.07) is 3.12. The topological polar surface area (TPSA) is 104 Å². The Morgan fingerprint density at radius 2 is 2.00 bits per heavy atom. The van der Waals surface area contributed by atoms with Gasteiger partial charge in [0.2, 0.25) is 11.8 Å². The second-order valence-corrected chi connectivity index (χ2v) is 5.32. The second kappa shape index (κ2) is 7.60. The van der Waals surface area contributed by atoms with Crippen LogP contribution in [0.4, 0.5) is 4.79 Å². The summed E-state index contributed by atoms with van der Waals surface area (Å²) >= 11 is 0. The standard InChI is InChI=1S/C14H20N4O4/c1-18(8-12(19)16-10-4-5-10)9-13(20)17-14(21)15-7-11-3-2-6-22-11/h2-3,6,10H,4-5,7-9H2,1H3,(H,16,19)(H2,15,17,20,21). The molecule has 22 heavy (non-hydrogen) atoms. The normalized spacial score (nSPS) is 13.7. The van der Waals surface area contributed by atoms with E-state index in [0.717, 1.165) is 12.8 Å². The Morgan fingerprint density at radius 1 is 1.27 bits per heavy atom. The number of nitrogens with one attached hydrogen (secondary N) is 3. The van der Waals surface area contributed by atoms with Crippen LogP contribution in [0, 0.1) is 0 Å². The average molecular weight is 308 g/mol. The molecule has 1 aromatic heterocycles. The molecule has 1 aliphatic carbocycles. The molecule has 0 aliphatic heterocycles. The predicted molar refractivity (Wildman–Crippen MR) is 77.7 cm³/mol. The van der Waals surface area contributed by atoms with Gasteiger partial charge in [-0.15, -0.1) is 0 Å². The minimum Gasteiger partial charge on any atom is -0.467 e. The van der Waals surface area contributed by atoms with Crippen LogP contribution in [0.3, 0.4) is 0 Å². The molecular weight excluding hydrogens is 288 g/mol. The zero-order valence-electron chi connectivity index (χ0n) is 12.4. The molecule has 0 atom stereocenters. The SMILES string of the molecule is CN(CC(=O)NC(=O)NCc1ccco1)CC(=O)NC1CC1. The lowest BCUT2D eigenvalue weighted by molar-refractivity contribution is -0.124. The molecule has 0 radical (unpaired) electrons. The fraction of sp³-hybridized carbons (Fsp3) is 0.500. The van der Waals surface area contributed by atoms with Gasteiger partial charge in [-0.1, -0.05) is 0 Å². The fourth-order valence-corrected chi connectivity index (χ4v) is 1.84. The molecule has 4 amide bonds. The molecule has 1 aliphatic rings. The molecule has 0 unspecified atom stereocenters. The van der Waals surface area contributed by atoms with Crippen molar-refractivity contribution in [2.45, 2.75) is 25.4 Å². The first-order chi connectivity index (χ1) is 10.5. The molecule has 1 heterocycles. The Morgan fingerprint density at radius 3 is 2.64 bits per heavy atom. The summed E-state index contributed by atoms with van der Waals surface area (Å²) in [5.41, 5.74) is 0. The first kappa shape index (κ1) is 16.0. The second-order valence-electron chi connectivity index (χ2n) is 5.32. The Balaban J connectivity index is 1.61. The largest absolute Gasteiger partial charge is 0.467 e. The molecule has 8 heteroatoms. The van der Waals surface area contributed by atoms with E-state index >= 15 is 0 Å². The number of rotatable bonds is 7. The highest BCUT2D eigenvalue weighted by atomic mass is 16.3. The number of furan rings is 1. The van der Waals surface area contributed by atoms with Crippen LogP contribution in [0.2, 0.25) is 0 Å². The molecule has 2 rings (SSSR count). The number of hydrogen-bond acceptors (Lipinski definition) is 5. The molecule has 3 N–H and O–H groups in total. The lowest BCUT2D eigenvalue weighted by Gasteiger charge is -2.15.